The number of amides is 1. The van der Waals surface area contributed by atoms with Gasteiger partial charge in [0.1, 0.15) is 19.3 Å². The molecule has 0 saturated carbocycles. The summed E-state index contributed by atoms with van der Waals surface area (Å²) in [7, 11) is 1.46. The largest absolute Gasteiger partial charge is 0.472 e. The highest BCUT2D eigenvalue weighted by molar-refractivity contribution is 7.47. The maximum Gasteiger partial charge on any atom is 0.472 e. The molecule has 0 heterocycles. The van der Waals surface area contributed by atoms with Gasteiger partial charge in [-0.1, -0.05) is 233 Å². The minimum Gasteiger partial charge on any atom is -0.456 e. The number of hydrogen-bond donors (Lipinski definition) is 2. The lowest BCUT2D eigenvalue weighted by Gasteiger charge is -2.27. The fourth-order valence-electron chi connectivity index (χ4n) is 8.38. The first-order valence-electron chi connectivity index (χ1n) is 31.2. The number of allylic oxidation sites excluding steroid dienone is 17. The minimum absolute atomic E-state index is 0.0282. The number of esters is 1. The van der Waals surface area contributed by atoms with Gasteiger partial charge in [-0.2, -0.15) is 0 Å². The van der Waals surface area contributed by atoms with Crippen LogP contribution in [0.25, 0.3) is 0 Å². The number of quaternary nitrogens is 1. The number of ether oxygens (including phenoxy) is 1. The van der Waals surface area contributed by atoms with E-state index in [2.05, 4.69) is 123 Å². The maximum atomic E-state index is 13.5. The van der Waals surface area contributed by atoms with Gasteiger partial charge in [0.15, 0.2) is 0 Å². The van der Waals surface area contributed by atoms with Crippen LogP contribution in [0.5, 0.6) is 0 Å². The number of carbonyl (C=O) groups excluding carboxylic acids is 2. The highest BCUT2D eigenvalue weighted by Crippen LogP contribution is 2.43. The molecule has 3 unspecified atom stereocenters. The van der Waals surface area contributed by atoms with Crippen molar-refractivity contribution >= 4 is 19.7 Å². The molecule has 0 aliphatic carbocycles. The second kappa shape index (κ2) is 56.0. The van der Waals surface area contributed by atoms with Crippen molar-refractivity contribution in [3.05, 3.63) is 109 Å². The van der Waals surface area contributed by atoms with Gasteiger partial charge < -0.3 is 19.4 Å². The van der Waals surface area contributed by atoms with E-state index < -0.39 is 20.0 Å². The van der Waals surface area contributed by atoms with E-state index in [1.165, 1.54) is 89.9 Å². The molecule has 9 nitrogen and oxygen atoms in total. The highest BCUT2D eigenvalue weighted by Gasteiger charge is 2.30. The van der Waals surface area contributed by atoms with Crippen LogP contribution < -0.4 is 5.32 Å². The van der Waals surface area contributed by atoms with Crippen LogP contribution in [0.1, 0.15) is 252 Å². The van der Waals surface area contributed by atoms with Crippen molar-refractivity contribution in [2.24, 2.45) is 0 Å². The molecule has 0 fully saturated rings. The number of unbranched alkanes of at least 4 members (excludes halogenated alkanes) is 23. The van der Waals surface area contributed by atoms with Crippen molar-refractivity contribution in [3.8, 4) is 0 Å². The molecule has 442 valence electrons. The molecule has 1 amide bonds. The smallest absolute Gasteiger partial charge is 0.456 e. The molecule has 0 aliphatic rings. The predicted octanol–water partition coefficient (Wildman–Crippen LogP) is 19.3. The fourth-order valence-corrected chi connectivity index (χ4v) is 9.12. The van der Waals surface area contributed by atoms with E-state index in [9.17, 15) is 19.0 Å². The standard InChI is InChI=1S/C67H117N2O7P/c1-7-10-13-16-19-22-25-27-29-31-32-33-34-35-36-38-40-42-45-48-51-54-57-60-67(71)76-65(58-55-52-49-46-43-24-21-18-15-12-9-3)64(63-75-77(72,73)74-62-61-69(4,5)6)68-66(70)59-56-53-50-47-44-41-39-37-30-28-26-23-20-17-14-11-8-2/h10,13,19-20,22-23,27-30,32-33,35-36,39,41,55,58,64-65H,7-9,11-12,14-18,21,24-26,31,34,37-38,40,42-54,56-57,59-63H2,1-6H3,(H-,68,70,72,73)/p+1/b13-10-,22-19-,23-20-,29-27-,30-28-,33-32-,36-35-,41-39-,58-55-. The number of likely N-dealkylation sites (N-methyl/N-ethyl adjacent to an activating group) is 1. The quantitative estimate of drug-likeness (QED) is 0.0205. The van der Waals surface area contributed by atoms with Crippen LogP contribution in [0.15, 0.2) is 109 Å². The van der Waals surface area contributed by atoms with Gasteiger partial charge in [-0.3, -0.25) is 18.6 Å². The third-order valence-electron chi connectivity index (χ3n) is 13.2. The number of rotatable bonds is 55. The predicted molar refractivity (Wildman–Crippen MR) is 332 cm³/mol. The molecule has 77 heavy (non-hydrogen) atoms. The molecule has 0 saturated heterocycles. The van der Waals surface area contributed by atoms with E-state index in [0.29, 0.717) is 23.9 Å². The van der Waals surface area contributed by atoms with Gasteiger partial charge in [-0.25, -0.2) is 4.57 Å². The molecule has 0 radical (unpaired) electrons. The van der Waals surface area contributed by atoms with Crippen molar-refractivity contribution in [2.75, 3.05) is 40.9 Å². The third-order valence-corrected chi connectivity index (χ3v) is 14.2. The molecule has 2 N–H and O–H groups in total. The van der Waals surface area contributed by atoms with E-state index in [1.54, 1.807) is 0 Å². The average Bonchev–Trinajstić information content (AvgIpc) is 3.39. The Labute approximate surface area is 474 Å². The highest BCUT2D eigenvalue weighted by atomic mass is 31.2. The van der Waals surface area contributed by atoms with Gasteiger partial charge >= 0.3 is 13.8 Å². The Hall–Kier alpha value is -3.33. The van der Waals surface area contributed by atoms with Crippen LogP contribution in [0.2, 0.25) is 0 Å². The zero-order valence-corrected chi connectivity index (χ0v) is 51.3. The van der Waals surface area contributed by atoms with E-state index in [-0.39, 0.29) is 31.5 Å². The van der Waals surface area contributed by atoms with E-state index in [0.717, 1.165) is 122 Å². The summed E-state index contributed by atoms with van der Waals surface area (Å²) < 4.78 is 30.7. The molecular weight excluding hydrogens is 976 g/mol. The number of nitrogens with zero attached hydrogens (tertiary/aromatic N) is 1. The zero-order chi connectivity index (χ0) is 56.4. The molecule has 0 aromatic heterocycles. The molecule has 0 aromatic rings. The Bertz CT molecular complexity index is 1690. The Morgan fingerprint density at radius 1 is 0.468 bits per heavy atom. The molecule has 0 aliphatic heterocycles. The Balaban J connectivity index is 5.26. The first-order valence-corrected chi connectivity index (χ1v) is 32.7. The van der Waals surface area contributed by atoms with E-state index in [4.69, 9.17) is 13.8 Å². The van der Waals surface area contributed by atoms with Gasteiger partial charge in [-0.05, 0) is 115 Å². The maximum absolute atomic E-state index is 13.5. The SMILES string of the molecule is CC/C=C\C/C=C\C/C=C\C/C=C\C/C=C\CCCCCCCCCC(=O)OC(/C=C\CCCCCCCCCCC)C(COP(=O)(O)OCC[N+](C)(C)C)NC(=O)CCCCCC/C=C\C/C=C\C/C=C\CCCCC. The summed E-state index contributed by atoms with van der Waals surface area (Å²) in [6.45, 7) is 6.83. The number of carbonyl (C=O) groups is 2. The van der Waals surface area contributed by atoms with E-state index in [1.807, 2.05) is 33.3 Å². The normalized spacial score (nSPS) is 14.4. The minimum atomic E-state index is -4.46. The van der Waals surface area contributed by atoms with Gasteiger partial charge in [0.05, 0.1) is 33.8 Å². The summed E-state index contributed by atoms with van der Waals surface area (Å²) in [4.78, 5) is 37.7. The molecular formula is C67H118N2O7P+. The summed E-state index contributed by atoms with van der Waals surface area (Å²) in [5, 5.41) is 3.04. The number of phosphoric acid groups is 1. The van der Waals surface area contributed by atoms with Crippen LogP contribution in [0.4, 0.5) is 0 Å². The monoisotopic (exact) mass is 1090 g/mol. The second-order valence-corrected chi connectivity index (χ2v) is 23.3. The van der Waals surface area contributed by atoms with Crippen LogP contribution in [-0.2, 0) is 27.9 Å². The van der Waals surface area contributed by atoms with Crippen molar-refractivity contribution in [1.82, 2.24) is 5.32 Å². The summed E-state index contributed by atoms with van der Waals surface area (Å²) in [5.41, 5.74) is 0. The van der Waals surface area contributed by atoms with Crippen LogP contribution in [0, 0.1) is 0 Å². The summed E-state index contributed by atoms with van der Waals surface area (Å²) in [6, 6.07) is -0.871. The Morgan fingerprint density at radius 2 is 0.831 bits per heavy atom. The van der Waals surface area contributed by atoms with Crippen molar-refractivity contribution in [2.45, 2.75) is 264 Å². The summed E-state index contributed by atoms with van der Waals surface area (Å²) >= 11 is 0. The van der Waals surface area contributed by atoms with Gasteiger partial charge in [0, 0.05) is 12.8 Å². The molecule has 10 heteroatoms. The van der Waals surface area contributed by atoms with Crippen LogP contribution in [-0.4, -0.2) is 74.3 Å². The van der Waals surface area contributed by atoms with Crippen molar-refractivity contribution in [3.63, 3.8) is 0 Å². The van der Waals surface area contributed by atoms with Crippen molar-refractivity contribution < 1.29 is 37.3 Å². The lowest BCUT2D eigenvalue weighted by molar-refractivity contribution is -0.870. The lowest BCUT2D eigenvalue weighted by atomic mass is 10.1. The fraction of sp³-hybridized carbons (Fsp3) is 0.701. The first-order chi connectivity index (χ1) is 37.4. The van der Waals surface area contributed by atoms with Crippen LogP contribution >= 0.6 is 7.82 Å². The molecule has 0 rings (SSSR count). The number of phosphoric ester groups is 1. The van der Waals surface area contributed by atoms with E-state index >= 15 is 0 Å². The van der Waals surface area contributed by atoms with Gasteiger partial charge in [0.25, 0.3) is 0 Å². The second-order valence-electron chi connectivity index (χ2n) is 21.8. The summed E-state index contributed by atoms with van der Waals surface area (Å²) in [6.07, 6.45) is 76.6. The van der Waals surface area contributed by atoms with Gasteiger partial charge in [-0.15, -0.1) is 0 Å². The van der Waals surface area contributed by atoms with Gasteiger partial charge in [0.2, 0.25) is 5.91 Å². The molecule has 3 atom stereocenters. The first kappa shape index (κ1) is 73.7. The zero-order valence-electron chi connectivity index (χ0n) is 50.4. The van der Waals surface area contributed by atoms with Crippen molar-refractivity contribution in [1.29, 1.82) is 0 Å². The molecule has 0 bridgehead atoms. The lowest BCUT2D eigenvalue weighted by Crippen LogP contribution is -2.47. The Kier molecular flexibility index (Phi) is 53.5. The average molecular weight is 1090 g/mol. The Morgan fingerprint density at radius 3 is 1.27 bits per heavy atom. The topological polar surface area (TPSA) is 111 Å². The molecule has 0 spiro atoms. The van der Waals surface area contributed by atoms with Crippen LogP contribution in [0.3, 0.4) is 0 Å². The number of hydrogen-bond acceptors (Lipinski definition) is 6. The number of nitrogens with one attached hydrogen (secondary N) is 1. The summed E-state index contributed by atoms with van der Waals surface area (Å²) in [5.74, 6) is -0.549. The third kappa shape index (κ3) is 57.2. The molecule has 0 aromatic carbocycles.